The van der Waals surface area contributed by atoms with Gasteiger partial charge in [0.05, 0.1) is 22.1 Å². The van der Waals surface area contributed by atoms with Crippen LogP contribution < -0.4 is 4.90 Å². The smallest absolute Gasteiger partial charge is 0.145 e. The van der Waals surface area contributed by atoms with E-state index in [4.69, 9.17) is 4.42 Å². The Hall–Kier alpha value is -8.66. The van der Waals surface area contributed by atoms with Gasteiger partial charge in [-0.05, 0) is 122 Å². The van der Waals surface area contributed by atoms with Crippen LogP contribution in [0.2, 0.25) is 0 Å². The predicted octanol–water partition coefficient (Wildman–Crippen LogP) is 17.5. The molecule has 304 valence electrons. The van der Waals surface area contributed by atoms with Gasteiger partial charge < -0.3 is 13.9 Å². The standard InChI is InChI=1S/C62H40N2O/c1-3-13-41(14-4-1)42-23-25-45(26-24-42)52-36-38-59(61-54-20-10-12-22-60(54)65-62(52)61)63(50-35-31-46-28-27-44-15-7-8-18-51(44)55(46)40-50)49-33-29-43(30-34-49)47-32-37-58-56(39-47)53-19-9-11-21-57(53)64(58)48-16-5-2-6-17-48/h1-40H. The van der Waals surface area contributed by atoms with Crippen molar-refractivity contribution in [2.75, 3.05) is 4.90 Å². The second kappa shape index (κ2) is 15.0. The third kappa shape index (κ3) is 6.12. The van der Waals surface area contributed by atoms with E-state index in [1.54, 1.807) is 0 Å². The fourth-order valence-corrected chi connectivity index (χ4v) is 10.1. The zero-order chi connectivity index (χ0) is 42.8. The molecule has 3 nitrogen and oxygen atoms in total. The molecule has 0 saturated carbocycles. The molecule has 0 unspecified atom stereocenters. The van der Waals surface area contributed by atoms with Crippen molar-refractivity contribution in [3.8, 4) is 39.1 Å². The Bertz CT molecular complexity index is 3920. The zero-order valence-corrected chi connectivity index (χ0v) is 35.4. The molecule has 2 heterocycles. The molecule has 0 aliphatic heterocycles. The van der Waals surface area contributed by atoms with Crippen LogP contribution in [0, 0.1) is 0 Å². The molecule has 0 bridgehead atoms. The maximum atomic E-state index is 6.89. The molecule has 0 saturated heterocycles. The van der Waals surface area contributed by atoms with E-state index in [1.165, 1.54) is 60.0 Å². The third-order valence-electron chi connectivity index (χ3n) is 13.2. The molecule has 65 heavy (non-hydrogen) atoms. The van der Waals surface area contributed by atoms with Gasteiger partial charge in [-0.1, -0.05) is 170 Å². The lowest BCUT2D eigenvalue weighted by Crippen LogP contribution is -2.10. The molecule has 13 aromatic rings. The van der Waals surface area contributed by atoms with Gasteiger partial charge in [0, 0.05) is 38.8 Å². The van der Waals surface area contributed by atoms with Gasteiger partial charge in [-0.2, -0.15) is 0 Å². The van der Waals surface area contributed by atoms with Gasteiger partial charge in [0.15, 0.2) is 0 Å². The van der Waals surface area contributed by atoms with Crippen LogP contribution in [0.1, 0.15) is 0 Å². The fourth-order valence-electron chi connectivity index (χ4n) is 10.1. The first-order valence-corrected chi connectivity index (χ1v) is 22.2. The Morgan fingerprint density at radius 3 is 1.72 bits per heavy atom. The van der Waals surface area contributed by atoms with Crippen LogP contribution in [0.15, 0.2) is 247 Å². The summed E-state index contributed by atoms with van der Waals surface area (Å²) in [5.74, 6) is 0. The van der Waals surface area contributed by atoms with Crippen molar-refractivity contribution in [2.24, 2.45) is 0 Å². The van der Waals surface area contributed by atoms with Crippen molar-refractivity contribution < 1.29 is 4.42 Å². The molecule has 0 fully saturated rings. The van der Waals surface area contributed by atoms with Crippen LogP contribution in [0.3, 0.4) is 0 Å². The summed E-state index contributed by atoms with van der Waals surface area (Å²) in [5.41, 5.74) is 15.3. The Morgan fingerprint density at radius 2 is 0.908 bits per heavy atom. The summed E-state index contributed by atoms with van der Waals surface area (Å²) >= 11 is 0. The van der Waals surface area contributed by atoms with E-state index < -0.39 is 0 Å². The van der Waals surface area contributed by atoms with Crippen LogP contribution in [-0.4, -0.2) is 4.57 Å². The Morgan fingerprint density at radius 1 is 0.338 bits per heavy atom. The van der Waals surface area contributed by atoms with Gasteiger partial charge in [0.25, 0.3) is 0 Å². The van der Waals surface area contributed by atoms with Gasteiger partial charge in [0.2, 0.25) is 0 Å². The summed E-state index contributed by atoms with van der Waals surface area (Å²) in [6.45, 7) is 0. The van der Waals surface area contributed by atoms with Crippen LogP contribution in [0.4, 0.5) is 17.1 Å². The average molecular weight is 829 g/mol. The first kappa shape index (κ1) is 36.9. The number of fused-ring (bicyclic) bond motifs is 9. The number of anilines is 3. The summed E-state index contributed by atoms with van der Waals surface area (Å²) < 4.78 is 9.26. The SMILES string of the molecule is c1ccc(-c2ccc(-c3ccc(N(c4ccc(-c5ccc6c(c5)c5ccccc5n6-c5ccccc5)cc4)c4ccc5ccc6ccccc6c5c4)c4c3oc3ccccc34)cc2)cc1. The van der Waals surface area contributed by atoms with E-state index in [2.05, 4.69) is 252 Å². The maximum absolute atomic E-state index is 6.89. The molecule has 0 atom stereocenters. The first-order valence-electron chi connectivity index (χ1n) is 22.2. The van der Waals surface area contributed by atoms with Crippen LogP contribution in [0.25, 0.3) is 104 Å². The lowest BCUT2D eigenvalue weighted by atomic mass is 9.97. The van der Waals surface area contributed by atoms with Crippen molar-refractivity contribution in [1.29, 1.82) is 0 Å². The molecule has 11 aromatic carbocycles. The molecule has 3 heteroatoms. The third-order valence-corrected chi connectivity index (χ3v) is 13.2. The lowest BCUT2D eigenvalue weighted by molar-refractivity contribution is 0.670. The lowest BCUT2D eigenvalue weighted by Gasteiger charge is -2.27. The van der Waals surface area contributed by atoms with Crippen LogP contribution in [-0.2, 0) is 0 Å². The number of hydrogen-bond donors (Lipinski definition) is 0. The van der Waals surface area contributed by atoms with Crippen molar-refractivity contribution in [3.63, 3.8) is 0 Å². The Labute approximate surface area is 376 Å². The molecule has 0 amide bonds. The molecule has 0 aliphatic rings. The van der Waals surface area contributed by atoms with E-state index in [0.29, 0.717) is 0 Å². The molecule has 13 rings (SSSR count). The minimum absolute atomic E-state index is 0.862. The second-order valence-electron chi connectivity index (χ2n) is 16.9. The molecule has 0 spiro atoms. The monoisotopic (exact) mass is 828 g/mol. The number of rotatable bonds is 7. The molecule has 0 N–H and O–H groups in total. The molecular formula is C62H40N2O. The average Bonchev–Trinajstić information content (AvgIpc) is 3.94. The van der Waals surface area contributed by atoms with Crippen LogP contribution in [0.5, 0.6) is 0 Å². The highest BCUT2D eigenvalue weighted by Gasteiger charge is 2.23. The molecule has 0 radical (unpaired) electrons. The fraction of sp³-hybridized carbons (Fsp3) is 0. The van der Waals surface area contributed by atoms with Gasteiger partial charge in [-0.3, -0.25) is 0 Å². The van der Waals surface area contributed by atoms with Gasteiger partial charge in [-0.25, -0.2) is 0 Å². The van der Waals surface area contributed by atoms with Gasteiger partial charge in [0.1, 0.15) is 11.2 Å². The summed E-state index contributed by atoms with van der Waals surface area (Å²) in [5, 5.41) is 9.52. The van der Waals surface area contributed by atoms with Gasteiger partial charge in [-0.15, -0.1) is 0 Å². The van der Waals surface area contributed by atoms with E-state index in [1.807, 2.05) is 0 Å². The molecule has 2 aromatic heterocycles. The number of para-hydroxylation sites is 3. The topological polar surface area (TPSA) is 21.3 Å². The van der Waals surface area contributed by atoms with Crippen molar-refractivity contribution >= 4 is 82.4 Å². The molecular weight excluding hydrogens is 789 g/mol. The van der Waals surface area contributed by atoms with E-state index in [0.717, 1.165) is 61.4 Å². The van der Waals surface area contributed by atoms with Crippen LogP contribution >= 0.6 is 0 Å². The summed E-state index contributed by atoms with van der Waals surface area (Å²) in [6, 6.07) is 87.6. The number of nitrogens with zero attached hydrogens (tertiary/aromatic N) is 2. The predicted molar refractivity (Wildman–Crippen MR) is 274 cm³/mol. The zero-order valence-electron chi connectivity index (χ0n) is 35.4. The largest absolute Gasteiger partial charge is 0.455 e. The van der Waals surface area contributed by atoms with E-state index >= 15 is 0 Å². The molecule has 0 aliphatic carbocycles. The number of hydrogen-bond acceptors (Lipinski definition) is 2. The second-order valence-corrected chi connectivity index (χ2v) is 16.9. The summed E-state index contributed by atoms with van der Waals surface area (Å²) in [7, 11) is 0. The van der Waals surface area contributed by atoms with Crippen molar-refractivity contribution in [2.45, 2.75) is 0 Å². The highest BCUT2D eigenvalue weighted by molar-refractivity contribution is 6.18. The summed E-state index contributed by atoms with van der Waals surface area (Å²) in [4.78, 5) is 2.41. The van der Waals surface area contributed by atoms with E-state index in [9.17, 15) is 0 Å². The Kier molecular flexibility index (Phi) is 8.53. The number of benzene rings is 11. The first-order chi connectivity index (χ1) is 32.2. The maximum Gasteiger partial charge on any atom is 0.145 e. The normalized spacial score (nSPS) is 11.7. The van der Waals surface area contributed by atoms with Crippen molar-refractivity contribution in [1.82, 2.24) is 4.57 Å². The highest BCUT2D eigenvalue weighted by Crippen LogP contribution is 2.47. The minimum Gasteiger partial charge on any atom is -0.455 e. The van der Waals surface area contributed by atoms with E-state index in [-0.39, 0.29) is 0 Å². The van der Waals surface area contributed by atoms with Gasteiger partial charge >= 0.3 is 0 Å². The quantitative estimate of drug-likeness (QED) is 0.149. The minimum atomic E-state index is 0.862. The summed E-state index contributed by atoms with van der Waals surface area (Å²) in [6.07, 6.45) is 0. The van der Waals surface area contributed by atoms with Crippen molar-refractivity contribution in [3.05, 3.63) is 243 Å². The number of furan rings is 1. The number of aromatic nitrogens is 1. The Balaban J connectivity index is 0.986. The highest BCUT2D eigenvalue weighted by atomic mass is 16.3.